The number of nitrogens with one attached hydrogen (secondary N) is 2. The van der Waals surface area contributed by atoms with Crippen LogP contribution in [-0.2, 0) is 16.1 Å². The van der Waals surface area contributed by atoms with Gasteiger partial charge in [-0.15, -0.1) is 0 Å². The molecule has 2 aromatic carbocycles. The van der Waals surface area contributed by atoms with E-state index in [1.165, 1.54) is 25.1 Å². The lowest BCUT2D eigenvalue weighted by Gasteiger charge is -2.17. The Morgan fingerprint density at radius 3 is 2.69 bits per heavy atom. The SMILES string of the molecule is C[C@H](Oc1ccccc1F)C(=O)NNC(=O)c1cccc(CN2CCCC2=O)c1. The van der Waals surface area contributed by atoms with Gasteiger partial charge in [0.05, 0.1) is 0 Å². The molecule has 2 aromatic rings. The summed E-state index contributed by atoms with van der Waals surface area (Å²) in [7, 11) is 0. The molecule has 0 bridgehead atoms. The second kappa shape index (κ2) is 9.18. The number of rotatable bonds is 6. The van der Waals surface area contributed by atoms with Gasteiger partial charge in [0.2, 0.25) is 5.91 Å². The number of likely N-dealkylation sites (tertiary alicyclic amines) is 1. The standard InChI is InChI=1S/C21H22FN3O4/c1-14(29-18-9-3-2-8-17(18)22)20(27)23-24-21(28)16-7-4-6-15(12-16)13-25-11-5-10-19(25)26/h2-4,6-9,12,14H,5,10-11,13H2,1H3,(H,23,27)(H,24,28)/t14-/m0/s1. The fourth-order valence-corrected chi connectivity index (χ4v) is 2.98. The van der Waals surface area contributed by atoms with Crippen LogP contribution in [0.1, 0.15) is 35.7 Å². The number of amides is 3. The maximum atomic E-state index is 13.6. The van der Waals surface area contributed by atoms with E-state index in [-0.39, 0.29) is 11.7 Å². The highest BCUT2D eigenvalue weighted by atomic mass is 19.1. The smallest absolute Gasteiger partial charge is 0.279 e. The third kappa shape index (κ3) is 5.31. The molecule has 152 valence electrons. The van der Waals surface area contributed by atoms with E-state index in [2.05, 4.69) is 10.9 Å². The van der Waals surface area contributed by atoms with Crippen molar-refractivity contribution in [3.8, 4) is 5.75 Å². The van der Waals surface area contributed by atoms with Crippen molar-refractivity contribution in [3.05, 3.63) is 65.5 Å². The van der Waals surface area contributed by atoms with Crippen molar-refractivity contribution >= 4 is 17.7 Å². The van der Waals surface area contributed by atoms with Crippen molar-refractivity contribution < 1.29 is 23.5 Å². The highest BCUT2D eigenvalue weighted by Crippen LogP contribution is 2.17. The number of hydrazine groups is 1. The highest BCUT2D eigenvalue weighted by Gasteiger charge is 2.21. The third-order valence-corrected chi connectivity index (χ3v) is 4.54. The minimum atomic E-state index is -1.01. The topological polar surface area (TPSA) is 87.7 Å². The Morgan fingerprint density at radius 2 is 1.97 bits per heavy atom. The summed E-state index contributed by atoms with van der Waals surface area (Å²) >= 11 is 0. The fraction of sp³-hybridized carbons (Fsp3) is 0.286. The van der Waals surface area contributed by atoms with Crippen molar-refractivity contribution in [2.24, 2.45) is 0 Å². The van der Waals surface area contributed by atoms with Crippen LogP contribution in [0.2, 0.25) is 0 Å². The predicted octanol–water partition coefficient (Wildman–Crippen LogP) is 2.18. The van der Waals surface area contributed by atoms with Gasteiger partial charge in [-0.3, -0.25) is 25.2 Å². The number of benzene rings is 2. The molecule has 8 heteroatoms. The molecule has 0 aliphatic carbocycles. The van der Waals surface area contributed by atoms with Crippen molar-refractivity contribution in [2.45, 2.75) is 32.4 Å². The monoisotopic (exact) mass is 399 g/mol. The summed E-state index contributed by atoms with van der Waals surface area (Å²) in [5.74, 6) is -1.66. The van der Waals surface area contributed by atoms with Gasteiger partial charge < -0.3 is 9.64 Å². The van der Waals surface area contributed by atoms with E-state index in [9.17, 15) is 18.8 Å². The number of ether oxygens (including phenoxy) is 1. The first-order chi connectivity index (χ1) is 13.9. The average molecular weight is 399 g/mol. The van der Waals surface area contributed by atoms with E-state index in [0.717, 1.165) is 12.0 Å². The van der Waals surface area contributed by atoms with Crippen LogP contribution >= 0.6 is 0 Å². The first-order valence-electron chi connectivity index (χ1n) is 9.32. The molecule has 0 saturated carbocycles. The quantitative estimate of drug-likeness (QED) is 0.729. The fourth-order valence-electron chi connectivity index (χ4n) is 2.98. The van der Waals surface area contributed by atoms with E-state index in [4.69, 9.17) is 4.74 Å². The van der Waals surface area contributed by atoms with Crippen LogP contribution in [0, 0.1) is 5.82 Å². The summed E-state index contributed by atoms with van der Waals surface area (Å²) in [5, 5.41) is 0. The van der Waals surface area contributed by atoms with Gasteiger partial charge >= 0.3 is 0 Å². The van der Waals surface area contributed by atoms with Crippen LogP contribution in [0.15, 0.2) is 48.5 Å². The van der Waals surface area contributed by atoms with Gasteiger partial charge in [0, 0.05) is 25.1 Å². The van der Waals surface area contributed by atoms with Crippen LogP contribution in [0.3, 0.4) is 0 Å². The molecular weight excluding hydrogens is 377 g/mol. The van der Waals surface area contributed by atoms with E-state index in [1.807, 2.05) is 6.07 Å². The molecule has 1 aliphatic rings. The zero-order chi connectivity index (χ0) is 20.8. The maximum Gasteiger partial charge on any atom is 0.279 e. The molecule has 3 amide bonds. The summed E-state index contributed by atoms with van der Waals surface area (Å²) in [6, 6.07) is 12.6. The summed E-state index contributed by atoms with van der Waals surface area (Å²) in [6.45, 7) is 2.60. The average Bonchev–Trinajstić information content (AvgIpc) is 3.12. The molecule has 1 saturated heterocycles. The Hall–Kier alpha value is -3.42. The van der Waals surface area contributed by atoms with E-state index in [1.54, 1.807) is 29.2 Å². The zero-order valence-corrected chi connectivity index (χ0v) is 16.0. The van der Waals surface area contributed by atoms with Crippen LogP contribution < -0.4 is 15.6 Å². The van der Waals surface area contributed by atoms with Gasteiger partial charge in [-0.25, -0.2) is 4.39 Å². The molecular formula is C21H22FN3O4. The Kier molecular flexibility index (Phi) is 6.43. The third-order valence-electron chi connectivity index (χ3n) is 4.54. The van der Waals surface area contributed by atoms with Gasteiger partial charge in [-0.05, 0) is 43.2 Å². The molecule has 0 unspecified atom stereocenters. The van der Waals surface area contributed by atoms with Crippen LogP contribution in [0.5, 0.6) is 5.75 Å². The van der Waals surface area contributed by atoms with E-state index in [0.29, 0.717) is 25.1 Å². The van der Waals surface area contributed by atoms with Gasteiger partial charge in [-0.1, -0.05) is 24.3 Å². The van der Waals surface area contributed by atoms with Gasteiger partial charge in [0.1, 0.15) is 0 Å². The molecule has 1 fully saturated rings. The second-order valence-corrected chi connectivity index (χ2v) is 6.75. The molecule has 0 radical (unpaired) electrons. The van der Waals surface area contributed by atoms with Crippen molar-refractivity contribution in [1.29, 1.82) is 0 Å². The molecule has 1 heterocycles. The molecule has 7 nitrogen and oxygen atoms in total. The summed E-state index contributed by atoms with van der Waals surface area (Å²) in [5.41, 5.74) is 5.76. The minimum Gasteiger partial charge on any atom is -0.478 e. The molecule has 3 rings (SSSR count). The summed E-state index contributed by atoms with van der Waals surface area (Å²) in [4.78, 5) is 37.9. The van der Waals surface area contributed by atoms with E-state index < -0.39 is 23.7 Å². The molecule has 1 aliphatic heterocycles. The number of carbonyl (C=O) groups is 3. The van der Waals surface area contributed by atoms with Crippen LogP contribution in [-0.4, -0.2) is 35.3 Å². The summed E-state index contributed by atoms with van der Waals surface area (Å²) < 4.78 is 18.9. The highest BCUT2D eigenvalue weighted by molar-refractivity contribution is 5.96. The molecule has 29 heavy (non-hydrogen) atoms. The number of hydrogen-bond acceptors (Lipinski definition) is 4. The van der Waals surface area contributed by atoms with Crippen molar-refractivity contribution in [2.75, 3.05) is 6.54 Å². The molecule has 2 N–H and O–H groups in total. The summed E-state index contributed by atoms with van der Waals surface area (Å²) in [6.07, 6.45) is 0.386. The lowest BCUT2D eigenvalue weighted by molar-refractivity contribution is -0.128. The van der Waals surface area contributed by atoms with Crippen molar-refractivity contribution in [1.82, 2.24) is 15.8 Å². The number of para-hydroxylation sites is 1. The predicted molar refractivity (Wildman–Crippen MR) is 103 cm³/mol. The van der Waals surface area contributed by atoms with Crippen LogP contribution in [0.4, 0.5) is 4.39 Å². The second-order valence-electron chi connectivity index (χ2n) is 6.75. The first kappa shape index (κ1) is 20.3. The zero-order valence-electron chi connectivity index (χ0n) is 16.0. The number of nitrogens with zero attached hydrogens (tertiary/aromatic N) is 1. The maximum absolute atomic E-state index is 13.6. The Balaban J connectivity index is 1.53. The normalized spacial score (nSPS) is 14.4. The molecule has 1 atom stereocenters. The number of hydrogen-bond donors (Lipinski definition) is 2. The van der Waals surface area contributed by atoms with Gasteiger partial charge in [0.25, 0.3) is 11.8 Å². The molecule has 0 aromatic heterocycles. The number of carbonyl (C=O) groups excluding carboxylic acids is 3. The van der Waals surface area contributed by atoms with E-state index >= 15 is 0 Å². The Labute approximate surface area is 167 Å². The number of halogens is 1. The van der Waals surface area contributed by atoms with Crippen molar-refractivity contribution in [3.63, 3.8) is 0 Å². The van der Waals surface area contributed by atoms with Gasteiger partial charge in [-0.2, -0.15) is 0 Å². The lowest BCUT2D eigenvalue weighted by atomic mass is 10.1. The first-order valence-corrected chi connectivity index (χ1v) is 9.32. The molecule has 0 spiro atoms. The largest absolute Gasteiger partial charge is 0.478 e. The lowest BCUT2D eigenvalue weighted by Crippen LogP contribution is -2.47. The van der Waals surface area contributed by atoms with Gasteiger partial charge in [0.15, 0.2) is 17.7 Å². The Bertz CT molecular complexity index is 918. The Morgan fingerprint density at radius 1 is 1.17 bits per heavy atom. The minimum absolute atomic E-state index is 0.0503. The van der Waals surface area contributed by atoms with Crippen LogP contribution in [0.25, 0.3) is 0 Å².